The summed E-state index contributed by atoms with van der Waals surface area (Å²) in [6.45, 7) is 3.74. The molecule has 5 aromatic rings. The van der Waals surface area contributed by atoms with Gasteiger partial charge < -0.3 is 20.5 Å². The number of nitrogens with zero attached hydrogens (tertiary/aromatic N) is 4. The van der Waals surface area contributed by atoms with Crippen LogP contribution in [0.1, 0.15) is 21.5 Å². The molecule has 0 heterocycles. The van der Waals surface area contributed by atoms with Crippen LogP contribution in [0.15, 0.2) is 110 Å². The second-order valence-corrected chi connectivity index (χ2v) is 11.7. The molecule has 0 aliphatic heterocycles. The number of anilines is 2. The predicted molar refractivity (Wildman–Crippen MR) is 182 cm³/mol. The first-order valence-corrected chi connectivity index (χ1v) is 15.3. The molecule has 235 valence electrons. The second kappa shape index (κ2) is 14.8. The normalized spacial score (nSPS) is 11.5. The van der Waals surface area contributed by atoms with Crippen molar-refractivity contribution in [2.24, 2.45) is 20.5 Å². The van der Waals surface area contributed by atoms with E-state index in [1.54, 1.807) is 60.7 Å². The van der Waals surface area contributed by atoms with E-state index in [4.69, 9.17) is 15.2 Å². The van der Waals surface area contributed by atoms with Gasteiger partial charge in [0.25, 0.3) is 16.0 Å². The van der Waals surface area contributed by atoms with Crippen molar-refractivity contribution in [3.05, 3.63) is 102 Å². The average Bonchev–Trinajstić information content (AvgIpc) is 3.03. The maximum atomic E-state index is 12.7. The van der Waals surface area contributed by atoms with E-state index in [0.29, 0.717) is 62.0 Å². The van der Waals surface area contributed by atoms with Gasteiger partial charge in [-0.1, -0.05) is 12.1 Å². The monoisotopic (exact) mass is 661 g/mol. The quantitative estimate of drug-likeness (QED) is 0.0620. The fraction of sp³-hybridized carbons (Fsp3) is 0.121. The summed E-state index contributed by atoms with van der Waals surface area (Å²) in [6, 6.07) is 23.0. The van der Waals surface area contributed by atoms with Gasteiger partial charge in [0.15, 0.2) is 0 Å². The Kier molecular flexibility index (Phi) is 11.1. The average molecular weight is 662 g/mol. The van der Waals surface area contributed by atoms with Crippen molar-refractivity contribution >= 4 is 90.5 Å². The van der Waals surface area contributed by atoms with Crippen LogP contribution in [0, 0.1) is 13.8 Å². The van der Waals surface area contributed by atoms with Gasteiger partial charge in [-0.3, -0.25) is 9.35 Å². The molecule has 0 saturated heterocycles. The van der Waals surface area contributed by atoms with E-state index < -0.39 is 10.1 Å². The maximum absolute atomic E-state index is 12.7. The first kappa shape index (κ1) is 35.2. The number of methoxy groups -OCH3 is 2. The van der Waals surface area contributed by atoms with E-state index >= 15 is 0 Å². The molecule has 47 heavy (non-hydrogen) atoms. The van der Waals surface area contributed by atoms with Gasteiger partial charge >= 0.3 is 0 Å². The molecule has 0 bridgehead atoms. The van der Waals surface area contributed by atoms with Crippen LogP contribution in [0.3, 0.4) is 0 Å². The summed E-state index contributed by atoms with van der Waals surface area (Å²) in [4.78, 5) is 12.5. The van der Waals surface area contributed by atoms with E-state index in [-0.39, 0.29) is 40.4 Å². The molecule has 5 aromatic carbocycles. The van der Waals surface area contributed by atoms with Crippen LogP contribution in [0.2, 0.25) is 0 Å². The predicted octanol–water partition coefficient (Wildman–Crippen LogP) is 8.01. The topological polar surface area (TPSA) is 177 Å². The number of nitrogens with two attached hydrogens (primary N) is 1. The second-order valence-electron chi connectivity index (χ2n) is 10.3. The number of nitrogens with one attached hydrogen (secondary N) is 1. The zero-order chi connectivity index (χ0) is 33.0. The molecular weight excluding hydrogens is 631 g/mol. The number of hydrogen-bond donors (Lipinski definition) is 3. The largest absolute Gasteiger partial charge is 0.494 e. The van der Waals surface area contributed by atoms with Crippen molar-refractivity contribution in [1.29, 1.82) is 0 Å². The van der Waals surface area contributed by atoms with Crippen molar-refractivity contribution in [3.8, 4) is 11.5 Å². The molecule has 0 atom stereocenters. The number of amides is 1. The number of azo groups is 2. The SMILES string of the molecule is COc1cc(N=Nc2cc(C)c(NC(=O)c3ccc(N)cc3)cc2C)c(OC)cc1N=Nc1ccc2cc(S(=O)(=O)O)ccc2c1.[Na]. The van der Waals surface area contributed by atoms with Gasteiger partial charge in [0.05, 0.1) is 30.5 Å². The number of rotatable bonds is 9. The summed E-state index contributed by atoms with van der Waals surface area (Å²) >= 11 is 0. The third-order valence-corrected chi connectivity index (χ3v) is 7.93. The molecule has 0 fully saturated rings. The van der Waals surface area contributed by atoms with Crippen LogP contribution in [0.4, 0.5) is 34.1 Å². The van der Waals surface area contributed by atoms with Crippen LogP contribution in [-0.4, -0.2) is 62.7 Å². The summed E-state index contributed by atoms with van der Waals surface area (Å²) in [5, 5.41) is 21.8. The first-order valence-electron chi connectivity index (χ1n) is 13.8. The smallest absolute Gasteiger partial charge is 0.294 e. The van der Waals surface area contributed by atoms with E-state index in [0.717, 1.165) is 11.1 Å². The first-order chi connectivity index (χ1) is 21.9. The van der Waals surface area contributed by atoms with E-state index in [9.17, 15) is 17.8 Å². The fourth-order valence-electron chi connectivity index (χ4n) is 4.55. The van der Waals surface area contributed by atoms with Gasteiger partial charge in [-0.05, 0) is 96.4 Å². The number of hydrogen-bond acceptors (Lipinski definition) is 10. The number of aryl methyl sites for hydroxylation is 2. The van der Waals surface area contributed by atoms with Gasteiger partial charge in [-0.2, -0.15) is 18.6 Å². The standard InChI is InChI=1S/C33H30N6O6S.Na/c1-19-14-28(20(2)13-27(19)35-33(40)21-5-9-24(34)10-6-21)37-39-30-18-31(44-3)29(17-32(30)45-4)38-36-25-11-7-23-16-26(46(41,42)43)12-8-22(23)15-25;/h5-18H,34H2,1-4H3,(H,35,40)(H,41,42,43);. The summed E-state index contributed by atoms with van der Waals surface area (Å²) in [6.07, 6.45) is 0. The number of carbonyl (C=O) groups excluding carboxylic acids is 1. The Morgan fingerprint density at radius 3 is 1.91 bits per heavy atom. The third-order valence-electron chi connectivity index (χ3n) is 7.08. The van der Waals surface area contributed by atoms with E-state index in [1.165, 1.54) is 26.4 Å². The number of benzene rings is 5. The van der Waals surface area contributed by atoms with Crippen molar-refractivity contribution in [3.63, 3.8) is 0 Å². The van der Waals surface area contributed by atoms with Crippen molar-refractivity contribution in [2.45, 2.75) is 18.7 Å². The molecule has 0 saturated carbocycles. The molecule has 0 aromatic heterocycles. The summed E-state index contributed by atoms with van der Waals surface area (Å²) < 4.78 is 43.3. The zero-order valence-electron chi connectivity index (χ0n) is 26.3. The van der Waals surface area contributed by atoms with Crippen LogP contribution in [0.25, 0.3) is 10.8 Å². The van der Waals surface area contributed by atoms with Crippen molar-refractivity contribution in [1.82, 2.24) is 0 Å². The van der Waals surface area contributed by atoms with Crippen LogP contribution < -0.4 is 20.5 Å². The molecule has 0 aliphatic carbocycles. The molecule has 0 unspecified atom stereocenters. The van der Waals surface area contributed by atoms with Crippen LogP contribution in [-0.2, 0) is 10.1 Å². The minimum Gasteiger partial charge on any atom is -0.494 e. The number of carbonyl (C=O) groups is 1. The summed E-state index contributed by atoms with van der Waals surface area (Å²) in [5.74, 6) is 0.517. The van der Waals surface area contributed by atoms with Gasteiger partial charge in [0, 0.05) is 58.6 Å². The Morgan fingerprint density at radius 1 is 0.723 bits per heavy atom. The minimum absolute atomic E-state index is 0. The zero-order valence-corrected chi connectivity index (χ0v) is 29.2. The molecule has 1 radical (unpaired) electrons. The Morgan fingerprint density at radius 2 is 1.30 bits per heavy atom. The molecule has 0 spiro atoms. The minimum atomic E-state index is -4.31. The molecular formula is C33H30N6NaO6S. The summed E-state index contributed by atoms with van der Waals surface area (Å²) in [5.41, 5.74) is 10.9. The Balaban J connectivity index is 0.00000500. The van der Waals surface area contributed by atoms with Gasteiger partial charge in [0.1, 0.15) is 22.9 Å². The Labute approximate surface area is 293 Å². The fourth-order valence-corrected chi connectivity index (χ4v) is 5.06. The molecule has 5 rings (SSSR count). The van der Waals surface area contributed by atoms with Gasteiger partial charge in [-0.15, -0.1) is 10.2 Å². The Bertz CT molecular complexity index is 2140. The van der Waals surface area contributed by atoms with Gasteiger partial charge in [0.2, 0.25) is 0 Å². The van der Waals surface area contributed by atoms with Crippen molar-refractivity contribution < 1.29 is 27.2 Å². The number of fused-ring (bicyclic) bond motifs is 1. The molecule has 0 aliphatic rings. The Hall–Kier alpha value is -4.66. The molecule has 14 heteroatoms. The van der Waals surface area contributed by atoms with Crippen LogP contribution in [0.5, 0.6) is 11.5 Å². The molecule has 4 N–H and O–H groups in total. The summed E-state index contributed by atoms with van der Waals surface area (Å²) in [7, 11) is -1.31. The number of nitrogen functional groups attached to an aromatic ring is 1. The maximum Gasteiger partial charge on any atom is 0.294 e. The van der Waals surface area contributed by atoms with Crippen molar-refractivity contribution in [2.75, 3.05) is 25.3 Å². The van der Waals surface area contributed by atoms with Gasteiger partial charge in [-0.25, -0.2) is 0 Å². The molecule has 12 nitrogen and oxygen atoms in total. The van der Waals surface area contributed by atoms with E-state index in [1.807, 2.05) is 26.0 Å². The van der Waals surface area contributed by atoms with E-state index in [2.05, 4.69) is 25.8 Å². The molecule has 1 amide bonds. The third kappa shape index (κ3) is 8.39. The van der Waals surface area contributed by atoms with Crippen LogP contribution >= 0.6 is 0 Å². The number of ether oxygens (including phenoxy) is 2.